The molecule has 368 valence electrons. The predicted molar refractivity (Wildman–Crippen MR) is 285 cm³/mol. The number of hydrogen-bond acceptors (Lipinski definition) is 14. The minimum atomic E-state index is -1.21. The van der Waals surface area contributed by atoms with Crippen LogP contribution in [0.3, 0.4) is 0 Å². The Bertz CT molecular complexity index is 4170. The number of aromatic carboxylic acids is 1. The van der Waals surface area contributed by atoms with Crippen LogP contribution in [0.5, 0.6) is 11.5 Å². The zero-order chi connectivity index (χ0) is 51.9. The first kappa shape index (κ1) is 48.0. The number of hydrogen-bond donors (Lipinski definition) is 3. The first-order chi connectivity index (χ1) is 35.8. The number of aldehydes is 1. The Kier molecular flexibility index (Phi) is 12.7. The van der Waals surface area contributed by atoms with Crippen molar-refractivity contribution in [1.29, 1.82) is 0 Å². The van der Waals surface area contributed by atoms with Gasteiger partial charge in [0.05, 0.1) is 69.9 Å². The first-order valence-corrected chi connectivity index (χ1v) is 23.5. The number of carboxylic acid groups (broad SMARTS) is 1. The predicted octanol–water partition coefficient (Wildman–Crippen LogP) is 12.7. The molecule has 0 saturated carbocycles. The lowest BCUT2D eigenvalue weighted by Crippen LogP contribution is -2.05. The van der Waals surface area contributed by atoms with Gasteiger partial charge in [-0.15, -0.1) is 0 Å². The van der Waals surface area contributed by atoms with E-state index >= 15 is 0 Å². The summed E-state index contributed by atoms with van der Waals surface area (Å²) in [6.07, 6.45) is 6.18. The first-order valence-electron chi connectivity index (χ1n) is 23.5. The number of nitrogens with one attached hydrogen (secondary N) is 2. The van der Waals surface area contributed by atoms with E-state index in [4.69, 9.17) is 18.5 Å². The number of para-hydroxylation sites is 2. The van der Waals surface area contributed by atoms with Crippen LogP contribution in [-0.4, -0.2) is 81.8 Å². The van der Waals surface area contributed by atoms with Crippen LogP contribution in [0, 0.1) is 27.7 Å². The molecule has 0 amide bonds. The second kappa shape index (κ2) is 19.5. The van der Waals surface area contributed by atoms with E-state index in [0.717, 1.165) is 93.8 Å². The zero-order valence-corrected chi connectivity index (χ0v) is 41.9. The molecule has 3 N–H and O–H groups in total. The Hall–Kier alpha value is -9.64. The van der Waals surface area contributed by atoms with Gasteiger partial charge in [-0.1, -0.05) is 58.4 Å². The zero-order valence-electron chi connectivity index (χ0n) is 41.9. The summed E-state index contributed by atoms with van der Waals surface area (Å²) < 4.78 is 22.3. The fourth-order valence-electron chi connectivity index (χ4n) is 9.27. The van der Waals surface area contributed by atoms with Crippen molar-refractivity contribution in [3.8, 4) is 56.3 Å². The minimum absolute atomic E-state index is 0.105. The van der Waals surface area contributed by atoms with Crippen LogP contribution in [0.4, 0.5) is 0 Å². The summed E-state index contributed by atoms with van der Waals surface area (Å²) in [6, 6.07) is 27.1. The summed E-state index contributed by atoms with van der Waals surface area (Å²) in [4.78, 5) is 57.0. The summed E-state index contributed by atoms with van der Waals surface area (Å²) in [6.45, 7) is 13.7. The highest BCUT2D eigenvalue weighted by Crippen LogP contribution is 2.44. The van der Waals surface area contributed by atoms with Gasteiger partial charge < -0.3 is 33.6 Å². The van der Waals surface area contributed by atoms with Crippen molar-refractivity contribution in [3.63, 3.8) is 0 Å². The van der Waals surface area contributed by atoms with Gasteiger partial charge >= 0.3 is 5.97 Å². The van der Waals surface area contributed by atoms with Gasteiger partial charge in [0.1, 0.15) is 34.3 Å². The van der Waals surface area contributed by atoms with Crippen LogP contribution in [0.15, 0.2) is 118 Å². The number of allylic oxidation sites excluding steroid dienone is 2. The number of methoxy groups -OCH3 is 2. The molecule has 0 aliphatic heterocycles. The lowest BCUT2D eigenvalue weighted by atomic mass is 9.99. The second-order valence-corrected chi connectivity index (χ2v) is 17.7. The van der Waals surface area contributed by atoms with E-state index < -0.39 is 5.97 Å². The Balaban J connectivity index is 0.000000155. The van der Waals surface area contributed by atoms with Gasteiger partial charge in [-0.3, -0.25) is 14.8 Å². The number of ether oxygens (including phenoxy) is 2. The molecule has 0 spiro atoms. The molecule has 0 fully saturated rings. The molecule has 17 nitrogen and oxygen atoms in total. The number of nitrogens with zero attached hydrogens (tertiary/aromatic N) is 8. The second-order valence-electron chi connectivity index (χ2n) is 17.7. The molecule has 12 rings (SSSR count). The molecule has 0 bridgehead atoms. The Morgan fingerprint density at radius 2 is 1.07 bits per heavy atom. The number of aromatic amines is 2. The third-order valence-corrected chi connectivity index (χ3v) is 12.8. The van der Waals surface area contributed by atoms with Gasteiger partial charge in [0.25, 0.3) is 0 Å². The van der Waals surface area contributed by atoms with Gasteiger partial charge in [-0.25, -0.2) is 24.7 Å². The van der Waals surface area contributed by atoms with Gasteiger partial charge in [0, 0.05) is 67.2 Å². The Labute approximate surface area is 422 Å². The number of aryl methyl sites for hydroxylation is 4. The standard InChI is InChI=1S/C26H19N5O4.C26H19N5O3.C5H10/c1-12-21(13(2)35-31-12)17-10-19-16(11-20(17)34-3)22-23(29-25(26(32)33)30-24(22)28-19)15-8-9-27-18-7-5-4-6-14(15)18;1-13-23(14(2)34-31-13)18-10-20-17(11-21(18)33-3)24-25(29-22(12-32)30-26(24)28-20)16-8-9-27-19-7-5-4-6-15(16)19;1-4-5(2)3/h4-11H,1-3H3,(H,32,33)(H,28,29,30);4-12H,1-3H3,(H,28,29,30);4H,1-3H3. The van der Waals surface area contributed by atoms with E-state index in [1.54, 1.807) is 26.6 Å². The quantitative estimate of drug-likeness (QED) is 0.0948. The van der Waals surface area contributed by atoms with Gasteiger partial charge in [0.2, 0.25) is 5.82 Å². The average molecular weight is 985 g/mol. The molecule has 0 saturated heterocycles. The fraction of sp³-hybridized carbons (Fsp3) is 0.158. The van der Waals surface area contributed by atoms with Crippen molar-refractivity contribution in [2.24, 2.45) is 0 Å². The Morgan fingerprint density at radius 1 is 0.608 bits per heavy atom. The number of H-pyrrole nitrogens is 2. The van der Waals surface area contributed by atoms with Crippen LogP contribution in [0.2, 0.25) is 0 Å². The van der Waals surface area contributed by atoms with Crippen LogP contribution >= 0.6 is 0 Å². The number of carbonyl (C=O) groups is 2. The molecule has 17 heteroatoms. The molecule has 8 heterocycles. The molecule has 0 aliphatic rings. The molecular formula is C57H48N10O7. The number of pyridine rings is 2. The number of carboxylic acids is 1. The smallest absolute Gasteiger partial charge is 0.374 e. The summed E-state index contributed by atoms with van der Waals surface area (Å²) in [5.74, 6) is 1.28. The van der Waals surface area contributed by atoms with Gasteiger partial charge in [-0.05, 0) is 97.0 Å². The van der Waals surface area contributed by atoms with Crippen molar-refractivity contribution < 1.29 is 33.2 Å². The van der Waals surface area contributed by atoms with E-state index in [-0.39, 0.29) is 11.6 Å². The molecule has 0 aliphatic carbocycles. The number of benzene rings is 4. The lowest BCUT2D eigenvalue weighted by molar-refractivity contribution is 0.0684. The van der Waals surface area contributed by atoms with Crippen molar-refractivity contribution >= 4 is 77.9 Å². The van der Waals surface area contributed by atoms with E-state index in [1.807, 2.05) is 120 Å². The summed E-state index contributed by atoms with van der Waals surface area (Å²) in [7, 11) is 3.24. The minimum Gasteiger partial charge on any atom is -0.496 e. The van der Waals surface area contributed by atoms with E-state index in [2.05, 4.69) is 70.1 Å². The van der Waals surface area contributed by atoms with Crippen LogP contribution in [-0.2, 0) is 0 Å². The third kappa shape index (κ3) is 8.48. The highest BCUT2D eigenvalue weighted by Gasteiger charge is 2.25. The van der Waals surface area contributed by atoms with E-state index in [9.17, 15) is 14.7 Å². The maximum absolute atomic E-state index is 11.9. The largest absolute Gasteiger partial charge is 0.496 e. The summed E-state index contributed by atoms with van der Waals surface area (Å²) in [5, 5.41) is 22.9. The lowest BCUT2D eigenvalue weighted by Gasteiger charge is -2.10. The monoisotopic (exact) mass is 984 g/mol. The van der Waals surface area contributed by atoms with Crippen molar-refractivity contribution in [1.82, 2.24) is 50.2 Å². The number of rotatable bonds is 8. The SMILES string of the molecule is CC=C(C)C.COc1cc2c(cc1-c1c(C)noc1C)[nH]c1nc(C(=O)O)nc(-c3ccnc4ccccc34)c12.COc1cc2c(cc1-c1c(C)noc1C)[nH]c1nc(C=O)nc(-c3ccnc4ccccc34)c12. The molecule has 4 aromatic carbocycles. The summed E-state index contributed by atoms with van der Waals surface area (Å²) in [5.41, 5.74) is 13.3. The molecule has 12 aromatic rings. The normalized spacial score (nSPS) is 11.2. The highest BCUT2D eigenvalue weighted by molar-refractivity contribution is 6.17. The fourth-order valence-corrected chi connectivity index (χ4v) is 9.27. The maximum Gasteiger partial charge on any atom is 0.374 e. The molecule has 8 aromatic heterocycles. The number of carbonyl (C=O) groups excluding carboxylic acids is 1. The molecule has 0 atom stereocenters. The van der Waals surface area contributed by atoms with Crippen molar-refractivity contribution in [3.05, 3.63) is 144 Å². The van der Waals surface area contributed by atoms with Gasteiger partial charge in [-0.2, -0.15) is 0 Å². The van der Waals surface area contributed by atoms with E-state index in [0.29, 0.717) is 57.4 Å². The molecule has 0 radical (unpaired) electrons. The number of fused-ring (bicyclic) bond motifs is 8. The third-order valence-electron chi connectivity index (χ3n) is 12.8. The van der Waals surface area contributed by atoms with Crippen molar-refractivity contribution in [2.45, 2.75) is 48.5 Å². The highest BCUT2D eigenvalue weighted by atomic mass is 16.5. The van der Waals surface area contributed by atoms with Gasteiger partial charge in [0.15, 0.2) is 12.1 Å². The van der Waals surface area contributed by atoms with Crippen LogP contribution < -0.4 is 9.47 Å². The number of aromatic nitrogens is 10. The summed E-state index contributed by atoms with van der Waals surface area (Å²) >= 11 is 0. The maximum atomic E-state index is 11.9. The molecular weight excluding hydrogens is 937 g/mol. The molecule has 0 unspecified atom stereocenters. The van der Waals surface area contributed by atoms with Crippen LogP contribution in [0.1, 0.15) is 64.9 Å². The Morgan fingerprint density at radius 3 is 1.49 bits per heavy atom. The van der Waals surface area contributed by atoms with E-state index in [1.165, 1.54) is 5.57 Å². The average Bonchev–Trinajstić information content (AvgIpc) is 4.18. The topological polar surface area (TPSA) is 234 Å². The van der Waals surface area contributed by atoms with Crippen molar-refractivity contribution in [2.75, 3.05) is 14.2 Å². The molecule has 74 heavy (non-hydrogen) atoms. The van der Waals surface area contributed by atoms with Crippen LogP contribution in [0.25, 0.3) is 110 Å².